The summed E-state index contributed by atoms with van der Waals surface area (Å²) >= 11 is 4.08. The van der Waals surface area contributed by atoms with Gasteiger partial charge in [-0.2, -0.15) is 0 Å². The number of nitrogen functional groups attached to an aromatic ring is 1. The Morgan fingerprint density at radius 1 is 1.50 bits per heavy atom. The number of thiazole rings is 1. The van der Waals surface area contributed by atoms with E-state index in [1.165, 1.54) is 0 Å². The Kier molecular flexibility index (Phi) is 4.34. The number of aromatic nitrogens is 1. The zero-order valence-corrected chi connectivity index (χ0v) is 12.7. The molecule has 8 heteroatoms. The molecule has 0 fully saturated rings. The standard InChI is InChI=1S/C12H10BrF2N3OS/c1-5-10(20-12(16)18-5)11(19)17-4-6-2-7(14)3-8(15)9(6)13/h2-3H,4H2,1H3,(H2,16,18)(H,17,19). The van der Waals surface area contributed by atoms with Gasteiger partial charge in [0.15, 0.2) is 5.13 Å². The maximum atomic E-state index is 13.3. The Morgan fingerprint density at radius 3 is 2.80 bits per heavy atom. The molecule has 1 aromatic carbocycles. The molecule has 0 saturated heterocycles. The number of nitrogens with one attached hydrogen (secondary N) is 1. The fourth-order valence-corrected chi connectivity index (χ4v) is 2.74. The lowest BCUT2D eigenvalue weighted by Gasteiger charge is -2.07. The first-order chi connectivity index (χ1) is 9.38. The van der Waals surface area contributed by atoms with E-state index < -0.39 is 11.6 Å². The fourth-order valence-electron chi connectivity index (χ4n) is 1.62. The number of benzene rings is 1. The number of nitrogens with zero attached hydrogens (tertiary/aromatic N) is 1. The second-order valence-electron chi connectivity index (χ2n) is 4.01. The number of anilines is 1. The van der Waals surface area contributed by atoms with Gasteiger partial charge >= 0.3 is 0 Å². The van der Waals surface area contributed by atoms with Crippen molar-refractivity contribution in [2.24, 2.45) is 0 Å². The molecular weight excluding hydrogens is 352 g/mol. The number of carbonyl (C=O) groups is 1. The molecule has 0 saturated carbocycles. The molecule has 0 atom stereocenters. The second-order valence-corrected chi connectivity index (χ2v) is 5.83. The first kappa shape index (κ1) is 14.9. The van der Waals surface area contributed by atoms with E-state index in [1.54, 1.807) is 6.92 Å². The molecule has 0 unspecified atom stereocenters. The first-order valence-corrected chi connectivity index (χ1v) is 7.14. The molecular formula is C12H10BrF2N3OS. The topological polar surface area (TPSA) is 68.0 Å². The minimum absolute atomic E-state index is 0.00859. The third-order valence-electron chi connectivity index (χ3n) is 2.53. The minimum atomic E-state index is -0.715. The van der Waals surface area contributed by atoms with Gasteiger partial charge in [0.25, 0.3) is 5.91 Å². The van der Waals surface area contributed by atoms with E-state index in [-0.39, 0.29) is 16.9 Å². The van der Waals surface area contributed by atoms with Crippen molar-refractivity contribution in [2.75, 3.05) is 5.73 Å². The Bertz CT molecular complexity index is 675. The number of rotatable bonds is 3. The van der Waals surface area contributed by atoms with Crippen LogP contribution in [0.2, 0.25) is 0 Å². The largest absolute Gasteiger partial charge is 0.375 e. The number of hydrogen-bond acceptors (Lipinski definition) is 4. The van der Waals surface area contributed by atoms with Crippen LogP contribution in [0.1, 0.15) is 20.9 Å². The van der Waals surface area contributed by atoms with Gasteiger partial charge in [-0.05, 0) is 34.5 Å². The Labute approximate surface area is 126 Å². The Hall–Kier alpha value is -1.54. The van der Waals surface area contributed by atoms with Gasteiger partial charge in [0.1, 0.15) is 16.5 Å². The fraction of sp³-hybridized carbons (Fsp3) is 0.167. The molecule has 0 aliphatic heterocycles. The molecule has 2 rings (SSSR count). The molecule has 1 aromatic heterocycles. The molecule has 2 aromatic rings. The summed E-state index contributed by atoms with van der Waals surface area (Å²) in [5.41, 5.74) is 6.34. The normalized spacial score (nSPS) is 10.6. The van der Waals surface area contributed by atoms with Gasteiger partial charge in [0, 0.05) is 12.6 Å². The van der Waals surface area contributed by atoms with E-state index in [9.17, 15) is 13.6 Å². The maximum absolute atomic E-state index is 13.3. The zero-order valence-electron chi connectivity index (χ0n) is 10.3. The summed E-state index contributed by atoms with van der Waals surface area (Å²) in [5, 5.41) is 2.87. The van der Waals surface area contributed by atoms with E-state index in [1.807, 2.05) is 0 Å². The molecule has 3 N–H and O–H groups in total. The van der Waals surface area contributed by atoms with Crippen LogP contribution in [0.4, 0.5) is 13.9 Å². The average molecular weight is 362 g/mol. The summed E-state index contributed by atoms with van der Waals surface area (Å²) in [6.07, 6.45) is 0. The second kappa shape index (κ2) is 5.84. The number of amides is 1. The van der Waals surface area contributed by atoms with Crippen molar-refractivity contribution >= 4 is 38.3 Å². The summed E-state index contributed by atoms with van der Waals surface area (Å²) < 4.78 is 26.6. The van der Waals surface area contributed by atoms with Crippen LogP contribution in [0.5, 0.6) is 0 Å². The van der Waals surface area contributed by atoms with Crippen LogP contribution in [0.25, 0.3) is 0 Å². The molecule has 4 nitrogen and oxygen atoms in total. The van der Waals surface area contributed by atoms with Crippen molar-refractivity contribution in [1.29, 1.82) is 0 Å². The van der Waals surface area contributed by atoms with Gasteiger partial charge in [-0.25, -0.2) is 13.8 Å². The zero-order chi connectivity index (χ0) is 14.9. The summed E-state index contributed by atoms with van der Waals surface area (Å²) in [5.74, 6) is -1.80. The van der Waals surface area contributed by atoms with Crippen molar-refractivity contribution in [2.45, 2.75) is 13.5 Å². The van der Waals surface area contributed by atoms with Crippen molar-refractivity contribution < 1.29 is 13.6 Å². The SMILES string of the molecule is Cc1nc(N)sc1C(=O)NCc1cc(F)cc(F)c1Br. The van der Waals surface area contributed by atoms with Crippen LogP contribution < -0.4 is 11.1 Å². The van der Waals surface area contributed by atoms with E-state index in [0.29, 0.717) is 21.3 Å². The summed E-state index contributed by atoms with van der Waals surface area (Å²) in [7, 11) is 0. The van der Waals surface area contributed by atoms with E-state index in [4.69, 9.17) is 5.73 Å². The quantitative estimate of drug-likeness (QED) is 0.825. The van der Waals surface area contributed by atoms with Crippen LogP contribution in [-0.2, 0) is 6.54 Å². The third-order valence-corrected chi connectivity index (χ3v) is 4.40. The van der Waals surface area contributed by atoms with Crippen LogP contribution in [0.15, 0.2) is 16.6 Å². The Balaban J connectivity index is 2.13. The van der Waals surface area contributed by atoms with Crippen molar-refractivity contribution in [3.8, 4) is 0 Å². The smallest absolute Gasteiger partial charge is 0.263 e. The van der Waals surface area contributed by atoms with Gasteiger partial charge in [-0.3, -0.25) is 4.79 Å². The van der Waals surface area contributed by atoms with Gasteiger partial charge in [0.2, 0.25) is 0 Å². The predicted molar refractivity (Wildman–Crippen MR) is 76.5 cm³/mol. The van der Waals surface area contributed by atoms with Crippen molar-refractivity contribution in [1.82, 2.24) is 10.3 Å². The van der Waals surface area contributed by atoms with Crippen LogP contribution >= 0.6 is 27.3 Å². The molecule has 1 amide bonds. The van der Waals surface area contributed by atoms with Crippen LogP contribution in [0, 0.1) is 18.6 Å². The molecule has 0 radical (unpaired) electrons. The lowest BCUT2D eigenvalue weighted by atomic mass is 10.2. The number of hydrogen-bond donors (Lipinski definition) is 2. The van der Waals surface area contributed by atoms with Gasteiger partial charge < -0.3 is 11.1 Å². The van der Waals surface area contributed by atoms with Gasteiger partial charge in [-0.15, -0.1) is 0 Å². The van der Waals surface area contributed by atoms with Gasteiger partial charge in [0.05, 0.1) is 10.2 Å². The Morgan fingerprint density at radius 2 is 2.20 bits per heavy atom. The lowest BCUT2D eigenvalue weighted by molar-refractivity contribution is 0.0954. The average Bonchev–Trinajstić information content (AvgIpc) is 2.71. The number of halogens is 3. The summed E-state index contributed by atoms with van der Waals surface area (Å²) in [4.78, 5) is 16.3. The van der Waals surface area contributed by atoms with Gasteiger partial charge in [-0.1, -0.05) is 11.3 Å². The van der Waals surface area contributed by atoms with Crippen LogP contribution in [-0.4, -0.2) is 10.9 Å². The van der Waals surface area contributed by atoms with E-state index >= 15 is 0 Å². The first-order valence-electron chi connectivity index (χ1n) is 5.53. The third kappa shape index (κ3) is 3.13. The highest BCUT2D eigenvalue weighted by atomic mass is 79.9. The molecule has 0 aliphatic carbocycles. The summed E-state index contributed by atoms with van der Waals surface area (Å²) in [6.45, 7) is 1.66. The minimum Gasteiger partial charge on any atom is -0.375 e. The van der Waals surface area contributed by atoms with E-state index in [0.717, 1.165) is 23.5 Å². The van der Waals surface area contributed by atoms with Crippen molar-refractivity contribution in [3.63, 3.8) is 0 Å². The number of carbonyl (C=O) groups excluding carboxylic acids is 1. The molecule has 20 heavy (non-hydrogen) atoms. The molecule has 106 valence electrons. The summed E-state index contributed by atoms with van der Waals surface area (Å²) in [6, 6.07) is 1.92. The number of aryl methyl sites for hydroxylation is 1. The molecule has 0 aliphatic rings. The molecule has 0 bridgehead atoms. The van der Waals surface area contributed by atoms with Crippen molar-refractivity contribution in [3.05, 3.63) is 44.4 Å². The lowest BCUT2D eigenvalue weighted by Crippen LogP contribution is -2.23. The highest BCUT2D eigenvalue weighted by Gasteiger charge is 2.15. The predicted octanol–water partition coefficient (Wildman–Crippen LogP) is 3.00. The number of nitrogens with two attached hydrogens (primary N) is 1. The highest BCUT2D eigenvalue weighted by Crippen LogP contribution is 2.23. The monoisotopic (exact) mass is 361 g/mol. The maximum Gasteiger partial charge on any atom is 0.263 e. The molecule has 0 spiro atoms. The highest BCUT2D eigenvalue weighted by molar-refractivity contribution is 9.10. The van der Waals surface area contributed by atoms with E-state index in [2.05, 4.69) is 26.2 Å². The molecule has 1 heterocycles. The van der Waals surface area contributed by atoms with Crippen LogP contribution in [0.3, 0.4) is 0 Å².